The van der Waals surface area contributed by atoms with E-state index in [4.69, 9.17) is 18.7 Å². The lowest BCUT2D eigenvalue weighted by Crippen LogP contribution is -2.38. The van der Waals surface area contributed by atoms with Gasteiger partial charge >= 0.3 is 0 Å². The van der Waals surface area contributed by atoms with Gasteiger partial charge in [-0.2, -0.15) is 4.98 Å². The van der Waals surface area contributed by atoms with Crippen LogP contribution in [-0.4, -0.2) is 36.9 Å². The van der Waals surface area contributed by atoms with Crippen LogP contribution in [0.25, 0.3) is 11.4 Å². The average Bonchev–Trinajstić information content (AvgIpc) is 3.18. The smallest absolute Gasteiger partial charge is 0.265 e. The van der Waals surface area contributed by atoms with E-state index in [9.17, 15) is 4.79 Å². The number of hydrogen-bond donors (Lipinski definition) is 0. The second-order valence-corrected chi connectivity index (χ2v) is 6.29. The van der Waals surface area contributed by atoms with Gasteiger partial charge in [-0.25, -0.2) is 0 Å². The van der Waals surface area contributed by atoms with Gasteiger partial charge in [0.2, 0.25) is 11.7 Å². The summed E-state index contributed by atoms with van der Waals surface area (Å²) in [6, 6.07) is 11.1. The highest BCUT2D eigenvalue weighted by Crippen LogP contribution is 2.37. The highest BCUT2D eigenvalue weighted by molar-refractivity contribution is 5.97. The quantitative estimate of drug-likeness (QED) is 0.671. The fraction of sp³-hybridized carbons (Fsp3) is 0.250. The zero-order chi connectivity index (χ0) is 19.7. The van der Waals surface area contributed by atoms with Crippen molar-refractivity contribution in [2.75, 3.05) is 25.7 Å². The molecule has 0 atom stereocenters. The van der Waals surface area contributed by atoms with Crippen molar-refractivity contribution in [2.45, 2.75) is 13.5 Å². The van der Waals surface area contributed by atoms with Gasteiger partial charge in [-0.1, -0.05) is 17.3 Å². The van der Waals surface area contributed by atoms with Crippen molar-refractivity contribution in [3.63, 3.8) is 0 Å². The lowest BCUT2D eigenvalue weighted by atomic mass is 10.1. The average molecular weight is 381 g/mol. The van der Waals surface area contributed by atoms with Crippen LogP contribution < -0.4 is 19.1 Å². The SMILES string of the molecule is COc1cccc(-c2noc(CN3C(=O)COc4ccc(C)cc43)n2)c1OC. The number of ether oxygens (including phenoxy) is 3. The summed E-state index contributed by atoms with van der Waals surface area (Å²) in [4.78, 5) is 18.4. The van der Waals surface area contributed by atoms with Crippen molar-refractivity contribution in [3.8, 4) is 28.6 Å². The molecule has 0 saturated carbocycles. The number of carbonyl (C=O) groups excluding carboxylic acids is 1. The van der Waals surface area contributed by atoms with Crippen molar-refractivity contribution in [1.29, 1.82) is 0 Å². The Kier molecular flexibility index (Phi) is 4.60. The molecule has 8 nitrogen and oxygen atoms in total. The van der Waals surface area contributed by atoms with E-state index in [1.807, 2.05) is 37.3 Å². The monoisotopic (exact) mass is 381 g/mol. The predicted molar refractivity (Wildman–Crippen MR) is 101 cm³/mol. The van der Waals surface area contributed by atoms with Gasteiger partial charge < -0.3 is 18.7 Å². The molecule has 2 aromatic carbocycles. The maximum atomic E-state index is 12.4. The standard InChI is InChI=1S/C20H19N3O5/c1-12-7-8-15-14(9-12)23(18(24)11-27-15)10-17-21-20(22-28-17)13-5-4-6-16(25-2)19(13)26-3/h4-9H,10-11H2,1-3H3. The lowest BCUT2D eigenvalue weighted by Gasteiger charge is -2.28. The Morgan fingerprint density at radius 1 is 1.18 bits per heavy atom. The number of methoxy groups -OCH3 is 2. The summed E-state index contributed by atoms with van der Waals surface area (Å²) in [5.41, 5.74) is 2.35. The molecule has 4 rings (SSSR count). The van der Waals surface area contributed by atoms with E-state index in [1.54, 1.807) is 25.2 Å². The highest BCUT2D eigenvalue weighted by Gasteiger charge is 2.28. The van der Waals surface area contributed by atoms with E-state index in [0.29, 0.717) is 40.2 Å². The molecular formula is C20H19N3O5. The maximum absolute atomic E-state index is 12.4. The Balaban J connectivity index is 1.65. The topological polar surface area (TPSA) is 86.9 Å². The minimum atomic E-state index is -0.170. The number of rotatable bonds is 5. The molecule has 0 bridgehead atoms. The summed E-state index contributed by atoms with van der Waals surface area (Å²) in [5, 5.41) is 4.04. The Morgan fingerprint density at radius 2 is 2.04 bits per heavy atom. The molecule has 8 heteroatoms. The molecule has 0 spiro atoms. The molecule has 28 heavy (non-hydrogen) atoms. The highest BCUT2D eigenvalue weighted by atomic mass is 16.5. The molecule has 0 aliphatic carbocycles. The maximum Gasteiger partial charge on any atom is 0.265 e. The number of para-hydroxylation sites is 1. The zero-order valence-corrected chi connectivity index (χ0v) is 15.8. The molecule has 0 saturated heterocycles. The van der Waals surface area contributed by atoms with Gasteiger partial charge in [0.25, 0.3) is 5.91 Å². The van der Waals surface area contributed by atoms with Crippen LogP contribution in [0.15, 0.2) is 40.9 Å². The third kappa shape index (κ3) is 3.13. The van der Waals surface area contributed by atoms with Crippen LogP contribution >= 0.6 is 0 Å². The summed E-state index contributed by atoms with van der Waals surface area (Å²) in [5.74, 6) is 2.23. The van der Waals surface area contributed by atoms with Crippen molar-refractivity contribution in [3.05, 3.63) is 47.9 Å². The van der Waals surface area contributed by atoms with Crippen LogP contribution in [0.1, 0.15) is 11.5 Å². The second-order valence-electron chi connectivity index (χ2n) is 6.29. The fourth-order valence-electron chi connectivity index (χ4n) is 3.11. The Labute approximate surface area is 161 Å². The minimum absolute atomic E-state index is 0.0270. The summed E-state index contributed by atoms with van der Waals surface area (Å²) in [7, 11) is 3.11. The molecule has 3 aromatic rings. The van der Waals surface area contributed by atoms with Crippen LogP contribution in [-0.2, 0) is 11.3 Å². The van der Waals surface area contributed by atoms with Crippen molar-refractivity contribution in [1.82, 2.24) is 10.1 Å². The van der Waals surface area contributed by atoms with Crippen molar-refractivity contribution < 1.29 is 23.5 Å². The van der Waals surface area contributed by atoms with E-state index in [-0.39, 0.29) is 19.1 Å². The summed E-state index contributed by atoms with van der Waals surface area (Å²) < 4.78 is 21.6. The van der Waals surface area contributed by atoms with E-state index in [0.717, 1.165) is 5.56 Å². The van der Waals surface area contributed by atoms with Gasteiger partial charge in [-0.05, 0) is 36.8 Å². The molecule has 0 radical (unpaired) electrons. The molecule has 2 heterocycles. The zero-order valence-electron chi connectivity index (χ0n) is 15.8. The van der Waals surface area contributed by atoms with Crippen molar-refractivity contribution >= 4 is 11.6 Å². The minimum Gasteiger partial charge on any atom is -0.493 e. The Bertz CT molecular complexity index is 1030. The van der Waals surface area contributed by atoms with E-state index in [2.05, 4.69) is 10.1 Å². The largest absolute Gasteiger partial charge is 0.493 e. The number of aryl methyl sites for hydroxylation is 1. The first-order chi connectivity index (χ1) is 13.6. The second kappa shape index (κ2) is 7.22. The molecule has 1 aromatic heterocycles. The third-order valence-electron chi connectivity index (χ3n) is 4.46. The third-order valence-corrected chi connectivity index (χ3v) is 4.46. The molecule has 0 N–H and O–H groups in total. The molecule has 0 fully saturated rings. The number of carbonyl (C=O) groups is 1. The van der Waals surface area contributed by atoms with E-state index >= 15 is 0 Å². The van der Waals surface area contributed by atoms with Gasteiger partial charge in [-0.3, -0.25) is 9.69 Å². The molecule has 1 amide bonds. The molecule has 0 unspecified atom stereocenters. The van der Waals surface area contributed by atoms with Gasteiger partial charge in [0.1, 0.15) is 12.3 Å². The van der Waals surface area contributed by atoms with Crippen LogP contribution in [0.4, 0.5) is 5.69 Å². The number of anilines is 1. The summed E-state index contributed by atoms with van der Waals surface area (Å²) >= 11 is 0. The van der Waals surface area contributed by atoms with E-state index in [1.165, 1.54) is 0 Å². The van der Waals surface area contributed by atoms with Gasteiger partial charge in [0, 0.05) is 0 Å². The predicted octanol–water partition coefficient (Wildman–Crippen LogP) is 2.99. The van der Waals surface area contributed by atoms with Crippen LogP contribution in [0.5, 0.6) is 17.2 Å². The molecular weight excluding hydrogens is 362 g/mol. The summed E-state index contributed by atoms with van der Waals surface area (Å²) in [6.45, 7) is 2.08. The Morgan fingerprint density at radius 3 is 2.82 bits per heavy atom. The lowest BCUT2D eigenvalue weighted by molar-refractivity contribution is -0.121. The van der Waals surface area contributed by atoms with Crippen molar-refractivity contribution in [2.24, 2.45) is 0 Å². The number of benzene rings is 2. The first-order valence-corrected chi connectivity index (χ1v) is 8.68. The van der Waals surface area contributed by atoms with Gasteiger partial charge in [0.05, 0.1) is 25.5 Å². The summed E-state index contributed by atoms with van der Waals surface area (Å²) in [6.07, 6.45) is 0. The normalized spacial score (nSPS) is 13.1. The first-order valence-electron chi connectivity index (χ1n) is 8.68. The molecule has 144 valence electrons. The number of aromatic nitrogens is 2. The number of amides is 1. The number of fused-ring (bicyclic) bond motifs is 1. The van der Waals surface area contributed by atoms with Gasteiger partial charge in [0.15, 0.2) is 18.1 Å². The fourth-order valence-corrected chi connectivity index (χ4v) is 3.11. The molecule has 1 aliphatic heterocycles. The number of nitrogens with zero attached hydrogens (tertiary/aromatic N) is 3. The van der Waals surface area contributed by atoms with Crippen LogP contribution in [0.3, 0.4) is 0 Å². The van der Waals surface area contributed by atoms with E-state index < -0.39 is 0 Å². The van der Waals surface area contributed by atoms with Gasteiger partial charge in [-0.15, -0.1) is 0 Å². The Hall–Kier alpha value is -3.55. The molecule has 1 aliphatic rings. The first kappa shape index (κ1) is 17.8. The van der Waals surface area contributed by atoms with Crippen LogP contribution in [0.2, 0.25) is 0 Å². The van der Waals surface area contributed by atoms with Crippen LogP contribution in [0, 0.1) is 6.92 Å². The number of hydrogen-bond acceptors (Lipinski definition) is 7.